The number of aryl methyl sites for hydroxylation is 2. The van der Waals surface area contributed by atoms with Crippen molar-refractivity contribution in [3.63, 3.8) is 0 Å². The summed E-state index contributed by atoms with van der Waals surface area (Å²) in [6.07, 6.45) is 6.52. The Kier molecular flexibility index (Phi) is 4.00. The van der Waals surface area contributed by atoms with Gasteiger partial charge < -0.3 is 9.88 Å². The van der Waals surface area contributed by atoms with Crippen LogP contribution in [0.5, 0.6) is 0 Å². The van der Waals surface area contributed by atoms with Crippen LogP contribution in [0.1, 0.15) is 32.6 Å². The standard InChI is InChI=1S/C18H25N5O3/c1-10(13-7-11-4-5-12(13)6-11)20-14(24)8-23-17(25)15-16(19-9-21(15)2)22(3)18(23)26/h9-13H,4-8H2,1-3H3,(H,20,24). The number of nitrogens with one attached hydrogen (secondary N) is 1. The van der Waals surface area contributed by atoms with Crippen molar-refractivity contribution in [1.82, 2.24) is 24.0 Å². The molecule has 0 radical (unpaired) electrons. The van der Waals surface area contributed by atoms with Gasteiger partial charge in [0.1, 0.15) is 6.54 Å². The molecule has 8 nitrogen and oxygen atoms in total. The summed E-state index contributed by atoms with van der Waals surface area (Å²) in [6.45, 7) is 1.77. The van der Waals surface area contributed by atoms with Crippen molar-refractivity contribution in [2.45, 2.75) is 45.2 Å². The van der Waals surface area contributed by atoms with Gasteiger partial charge in [0.15, 0.2) is 11.2 Å². The summed E-state index contributed by atoms with van der Waals surface area (Å²) >= 11 is 0. The molecule has 2 aromatic rings. The molecule has 2 bridgehead atoms. The predicted molar refractivity (Wildman–Crippen MR) is 96.8 cm³/mol. The molecule has 1 amide bonds. The molecule has 26 heavy (non-hydrogen) atoms. The Morgan fingerprint density at radius 2 is 2.08 bits per heavy atom. The van der Waals surface area contributed by atoms with Gasteiger partial charge >= 0.3 is 5.69 Å². The lowest BCUT2D eigenvalue weighted by atomic mass is 9.84. The van der Waals surface area contributed by atoms with Crippen molar-refractivity contribution in [2.75, 3.05) is 0 Å². The Bertz CT molecular complexity index is 985. The maximum atomic E-state index is 12.7. The first kappa shape index (κ1) is 17.1. The van der Waals surface area contributed by atoms with E-state index in [2.05, 4.69) is 10.3 Å². The second-order valence-corrected chi connectivity index (χ2v) is 7.96. The summed E-state index contributed by atoms with van der Waals surface area (Å²) in [4.78, 5) is 41.8. The molecule has 0 spiro atoms. The molecule has 2 heterocycles. The SMILES string of the molecule is CC(NC(=O)Cn1c(=O)c2c(ncn2C)n(C)c1=O)C1CC2CCC1C2. The van der Waals surface area contributed by atoms with Crippen LogP contribution in [-0.2, 0) is 25.4 Å². The highest BCUT2D eigenvalue weighted by Gasteiger charge is 2.42. The molecule has 4 atom stereocenters. The van der Waals surface area contributed by atoms with Gasteiger partial charge in [0.2, 0.25) is 5.91 Å². The molecule has 0 saturated heterocycles. The fraction of sp³-hybridized carbons (Fsp3) is 0.667. The van der Waals surface area contributed by atoms with E-state index in [1.807, 2.05) is 6.92 Å². The maximum Gasteiger partial charge on any atom is 0.332 e. The largest absolute Gasteiger partial charge is 0.352 e. The van der Waals surface area contributed by atoms with E-state index in [9.17, 15) is 14.4 Å². The van der Waals surface area contributed by atoms with Crippen LogP contribution >= 0.6 is 0 Å². The number of imidazole rings is 1. The Morgan fingerprint density at radius 3 is 2.73 bits per heavy atom. The molecule has 140 valence electrons. The van der Waals surface area contributed by atoms with E-state index in [4.69, 9.17) is 0 Å². The minimum absolute atomic E-state index is 0.0674. The number of carbonyl (C=O) groups excluding carboxylic acids is 1. The van der Waals surface area contributed by atoms with Gasteiger partial charge in [0, 0.05) is 20.1 Å². The highest BCUT2D eigenvalue weighted by Crippen LogP contribution is 2.49. The first-order chi connectivity index (χ1) is 12.4. The van der Waals surface area contributed by atoms with E-state index >= 15 is 0 Å². The highest BCUT2D eigenvalue weighted by molar-refractivity contribution is 5.77. The van der Waals surface area contributed by atoms with Crippen molar-refractivity contribution in [3.8, 4) is 0 Å². The second kappa shape index (κ2) is 6.10. The number of hydrogen-bond acceptors (Lipinski definition) is 4. The van der Waals surface area contributed by atoms with Gasteiger partial charge in [-0.3, -0.25) is 14.2 Å². The lowest BCUT2D eigenvalue weighted by Crippen LogP contribution is -2.46. The molecule has 8 heteroatoms. The predicted octanol–water partition coefficient (Wildman–Crippen LogP) is 0.375. The smallest absolute Gasteiger partial charge is 0.332 e. The highest BCUT2D eigenvalue weighted by atomic mass is 16.2. The molecule has 2 saturated carbocycles. The number of fused-ring (bicyclic) bond motifs is 3. The fourth-order valence-electron chi connectivity index (χ4n) is 4.99. The van der Waals surface area contributed by atoms with E-state index < -0.39 is 11.2 Å². The number of carbonyl (C=O) groups is 1. The zero-order valence-electron chi connectivity index (χ0n) is 15.4. The van der Waals surface area contributed by atoms with E-state index in [0.717, 1.165) is 10.5 Å². The van der Waals surface area contributed by atoms with Crippen LogP contribution in [0.15, 0.2) is 15.9 Å². The van der Waals surface area contributed by atoms with Crippen LogP contribution in [0.2, 0.25) is 0 Å². The van der Waals surface area contributed by atoms with Gasteiger partial charge in [-0.2, -0.15) is 0 Å². The number of aromatic nitrogens is 4. The first-order valence-corrected chi connectivity index (χ1v) is 9.27. The zero-order chi connectivity index (χ0) is 18.6. The molecule has 2 aliphatic rings. The van der Waals surface area contributed by atoms with Crippen molar-refractivity contribution >= 4 is 17.1 Å². The van der Waals surface area contributed by atoms with Crippen LogP contribution in [0.25, 0.3) is 11.2 Å². The van der Waals surface area contributed by atoms with Gasteiger partial charge in [-0.1, -0.05) is 6.42 Å². The molecule has 2 aromatic heterocycles. The van der Waals surface area contributed by atoms with Crippen molar-refractivity contribution in [1.29, 1.82) is 0 Å². The summed E-state index contributed by atoms with van der Waals surface area (Å²) in [5.41, 5.74) is -0.356. The molecule has 0 aromatic carbocycles. The van der Waals surface area contributed by atoms with Crippen LogP contribution in [0.3, 0.4) is 0 Å². The van der Waals surface area contributed by atoms with E-state index in [1.54, 1.807) is 18.7 Å². The zero-order valence-corrected chi connectivity index (χ0v) is 15.4. The molecule has 4 rings (SSSR count). The number of hydrogen-bond donors (Lipinski definition) is 1. The summed E-state index contributed by atoms with van der Waals surface area (Å²) in [5, 5.41) is 3.02. The van der Waals surface area contributed by atoms with Gasteiger partial charge in [0.05, 0.1) is 6.33 Å². The fourth-order valence-corrected chi connectivity index (χ4v) is 4.99. The van der Waals surface area contributed by atoms with Gasteiger partial charge in [-0.15, -0.1) is 0 Å². The lowest BCUT2D eigenvalue weighted by molar-refractivity contribution is -0.122. The van der Waals surface area contributed by atoms with Gasteiger partial charge in [-0.05, 0) is 43.9 Å². The number of rotatable bonds is 4. The second-order valence-electron chi connectivity index (χ2n) is 7.96. The minimum atomic E-state index is -0.524. The van der Waals surface area contributed by atoms with Crippen LogP contribution in [-0.4, -0.2) is 30.6 Å². The molecular formula is C18H25N5O3. The third kappa shape index (κ3) is 2.59. The van der Waals surface area contributed by atoms with Crippen molar-refractivity contribution in [2.24, 2.45) is 31.8 Å². The minimum Gasteiger partial charge on any atom is -0.352 e. The normalized spacial score (nSPS) is 25.7. The summed E-state index contributed by atoms with van der Waals surface area (Å²) in [7, 11) is 3.26. The van der Waals surface area contributed by atoms with E-state index in [1.165, 1.54) is 36.6 Å². The average molecular weight is 359 g/mol. The van der Waals surface area contributed by atoms with Crippen LogP contribution in [0, 0.1) is 17.8 Å². The average Bonchev–Trinajstić information content (AvgIpc) is 3.32. The first-order valence-electron chi connectivity index (χ1n) is 9.27. The molecular weight excluding hydrogens is 334 g/mol. The Balaban J connectivity index is 1.55. The maximum absolute atomic E-state index is 12.7. The Labute approximate surface area is 150 Å². The third-order valence-corrected chi connectivity index (χ3v) is 6.33. The Morgan fingerprint density at radius 1 is 1.31 bits per heavy atom. The van der Waals surface area contributed by atoms with Crippen molar-refractivity contribution in [3.05, 3.63) is 27.2 Å². The van der Waals surface area contributed by atoms with Crippen molar-refractivity contribution < 1.29 is 4.79 Å². The van der Waals surface area contributed by atoms with E-state index in [-0.39, 0.29) is 18.5 Å². The molecule has 4 unspecified atom stereocenters. The van der Waals surface area contributed by atoms with E-state index in [0.29, 0.717) is 23.0 Å². The molecule has 2 aliphatic carbocycles. The number of amides is 1. The summed E-state index contributed by atoms with van der Waals surface area (Å²) in [5.74, 6) is 1.74. The topological polar surface area (TPSA) is 90.9 Å². The lowest BCUT2D eigenvalue weighted by Gasteiger charge is -2.28. The molecule has 1 N–H and O–H groups in total. The summed E-state index contributed by atoms with van der Waals surface area (Å²) < 4.78 is 3.87. The quantitative estimate of drug-likeness (QED) is 0.854. The summed E-state index contributed by atoms with van der Waals surface area (Å²) in [6, 6.07) is 0.0674. The third-order valence-electron chi connectivity index (χ3n) is 6.33. The van der Waals surface area contributed by atoms with Gasteiger partial charge in [-0.25, -0.2) is 14.3 Å². The van der Waals surface area contributed by atoms with Gasteiger partial charge in [0.25, 0.3) is 5.56 Å². The Hall–Kier alpha value is -2.38. The molecule has 2 fully saturated rings. The van der Waals surface area contributed by atoms with Crippen LogP contribution < -0.4 is 16.6 Å². The number of nitrogens with zero attached hydrogens (tertiary/aromatic N) is 4. The monoisotopic (exact) mass is 359 g/mol. The molecule has 0 aliphatic heterocycles. The van der Waals surface area contributed by atoms with Crippen LogP contribution in [0.4, 0.5) is 0 Å².